The molecule has 2 atom stereocenters. The van der Waals surface area contributed by atoms with Crippen LogP contribution in [0.4, 0.5) is 0 Å². The molecule has 4 heteroatoms. The van der Waals surface area contributed by atoms with Gasteiger partial charge in [0.15, 0.2) is 0 Å². The van der Waals surface area contributed by atoms with Crippen molar-refractivity contribution in [2.75, 3.05) is 0 Å². The summed E-state index contributed by atoms with van der Waals surface area (Å²) in [5.74, 6) is 0.201. The van der Waals surface area contributed by atoms with Crippen molar-refractivity contribution < 1.29 is 20.4 Å². The van der Waals surface area contributed by atoms with Gasteiger partial charge in [0.2, 0.25) is 0 Å². The summed E-state index contributed by atoms with van der Waals surface area (Å²) in [6, 6.07) is 22.6. The van der Waals surface area contributed by atoms with Crippen LogP contribution in [0.25, 0.3) is 0 Å². The van der Waals surface area contributed by atoms with Crippen molar-refractivity contribution in [3.63, 3.8) is 0 Å². The summed E-state index contributed by atoms with van der Waals surface area (Å²) in [5, 5.41) is 39.1. The third-order valence-electron chi connectivity index (χ3n) is 6.37. The minimum absolute atomic E-state index is 0.0281. The topological polar surface area (TPSA) is 80.9 Å². The maximum absolute atomic E-state index is 9.86. The number of phenolic OH excluding ortho intramolecular Hbond substituents is 2. The predicted octanol–water partition coefficient (Wildman–Crippen LogP) is 8.51. The Balaban J connectivity index is 2.10. The Kier molecular flexibility index (Phi) is 9.55. The lowest BCUT2D eigenvalue weighted by Gasteiger charge is -2.23. The van der Waals surface area contributed by atoms with E-state index in [9.17, 15) is 20.4 Å². The monoisotopic (exact) mass is 506 g/mol. The lowest BCUT2D eigenvalue weighted by atomic mass is 9.81. The van der Waals surface area contributed by atoms with Crippen LogP contribution in [0.15, 0.2) is 145 Å². The largest absolute Gasteiger partial charge is 0.509 e. The van der Waals surface area contributed by atoms with Crippen molar-refractivity contribution in [3.8, 4) is 11.5 Å². The number of hydrogen-bond acceptors (Lipinski definition) is 4. The summed E-state index contributed by atoms with van der Waals surface area (Å²) in [5.41, 5.74) is 6.05. The van der Waals surface area contributed by atoms with E-state index in [0.717, 1.165) is 33.4 Å². The molecule has 3 rings (SSSR count). The Morgan fingerprint density at radius 1 is 0.684 bits per heavy atom. The number of allylic oxidation sites excluding steroid dienone is 8. The molecule has 0 saturated carbocycles. The van der Waals surface area contributed by atoms with Gasteiger partial charge in [0.05, 0.1) is 0 Å². The molecule has 0 aromatic heterocycles. The number of aromatic hydroxyl groups is 2. The maximum atomic E-state index is 9.86. The Morgan fingerprint density at radius 2 is 1.11 bits per heavy atom. The molecule has 4 nitrogen and oxygen atoms in total. The van der Waals surface area contributed by atoms with E-state index in [1.807, 2.05) is 56.3 Å². The molecular weight excluding hydrogens is 472 g/mol. The van der Waals surface area contributed by atoms with Crippen LogP contribution >= 0.6 is 0 Å². The van der Waals surface area contributed by atoms with Crippen molar-refractivity contribution >= 4 is 0 Å². The van der Waals surface area contributed by atoms with Crippen LogP contribution in [0, 0.1) is 0 Å². The number of phenols is 2. The third kappa shape index (κ3) is 7.17. The van der Waals surface area contributed by atoms with Crippen LogP contribution < -0.4 is 0 Å². The van der Waals surface area contributed by atoms with E-state index in [2.05, 4.69) is 37.4 Å². The second kappa shape index (κ2) is 13.0. The van der Waals surface area contributed by atoms with Gasteiger partial charge >= 0.3 is 0 Å². The van der Waals surface area contributed by atoms with Gasteiger partial charge in [-0.05, 0) is 84.2 Å². The van der Waals surface area contributed by atoms with Gasteiger partial charge in [0.25, 0.3) is 0 Å². The summed E-state index contributed by atoms with van der Waals surface area (Å²) in [4.78, 5) is 0. The SMILES string of the molecule is C=C/C(O)=C\C=C(/C)C(c1ccc(O)cc1)c1ccc(C(C(/C=C\C(=C)O)=C/C)c2ccc(O)cc2)cc1. The molecule has 2 unspecified atom stereocenters. The zero-order valence-electron chi connectivity index (χ0n) is 21.8. The zero-order valence-corrected chi connectivity index (χ0v) is 21.8. The average Bonchev–Trinajstić information content (AvgIpc) is 2.92. The van der Waals surface area contributed by atoms with Gasteiger partial charge in [-0.15, -0.1) is 0 Å². The average molecular weight is 507 g/mol. The predicted molar refractivity (Wildman–Crippen MR) is 156 cm³/mol. The summed E-state index contributed by atoms with van der Waals surface area (Å²) >= 11 is 0. The van der Waals surface area contributed by atoms with E-state index < -0.39 is 0 Å². The summed E-state index contributed by atoms with van der Waals surface area (Å²) in [6.45, 7) is 11.1. The fourth-order valence-electron chi connectivity index (χ4n) is 4.44. The van der Waals surface area contributed by atoms with Crippen molar-refractivity contribution in [1.82, 2.24) is 0 Å². The lowest BCUT2D eigenvalue weighted by molar-refractivity contribution is 0.433. The highest BCUT2D eigenvalue weighted by Crippen LogP contribution is 2.37. The van der Waals surface area contributed by atoms with Gasteiger partial charge in [0, 0.05) is 11.8 Å². The maximum Gasteiger partial charge on any atom is 0.115 e. The van der Waals surface area contributed by atoms with Crippen LogP contribution in [-0.2, 0) is 0 Å². The number of aliphatic hydroxyl groups is 2. The molecule has 0 bridgehead atoms. The van der Waals surface area contributed by atoms with Crippen LogP contribution in [0.3, 0.4) is 0 Å². The first-order valence-corrected chi connectivity index (χ1v) is 12.3. The van der Waals surface area contributed by atoms with E-state index in [-0.39, 0.29) is 34.9 Å². The van der Waals surface area contributed by atoms with E-state index >= 15 is 0 Å². The number of rotatable bonds is 10. The van der Waals surface area contributed by atoms with E-state index in [4.69, 9.17) is 0 Å². The molecule has 0 radical (unpaired) electrons. The highest BCUT2D eigenvalue weighted by molar-refractivity contribution is 5.49. The molecule has 0 saturated heterocycles. The van der Waals surface area contributed by atoms with Crippen LogP contribution in [0.5, 0.6) is 11.5 Å². The van der Waals surface area contributed by atoms with E-state index in [1.54, 1.807) is 36.4 Å². The van der Waals surface area contributed by atoms with Crippen LogP contribution in [-0.4, -0.2) is 20.4 Å². The minimum Gasteiger partial charge on any atom is -0.509 e. The summed E-state index contributed by atoms with van der Waals surface area (Å²) in [6.07, 6.45) is 10.3. The Morgan fingerprint density at radius 3 is 1.50 bits per heavy atom. The van der Waals surface area contributed by atoms with Gasteiger partial charge in [-0.3, -0.25) is 0 Å². The van der Waals surface area contributed by atoms with Gasteiger partial charge in [0.1, 0.15) is 23.0 Å². The Bertz CT molecular complexity index is 1370. The van der Waals surface area contributed by atoms with Crippen LogP contribution in [0.1, 0.15) is 47.9 Å². The normalized spacial score (nSPS) is 14.3. The summed E-state index contributed by atoms with van der Waals surface area (Å²) < 4.78 is 0. The van der Waals surface area contributed by atoms with Gasteiger partial charge in [-0.25, -0.2) is 0 Å². The van der Waals surface area contributed by atoms with Crippen molar-refractivity contribution in [2.24, 2.45) is 0 Å². The lowest BCUT2D eigenvalue weighted by Crippen LogP contribution is -2.06. The van der Waals surface area contributed by atoms with Crippen molar-refractivity contribution in [3.05, 3.63) is 167 Å². The Hall–Kier alpha value is -4.70. The molecule has 3 aromatic carbocycles. The molecule has 0 spiro atoms. The fourth-order valence-corrected chi connectivity index (χ4v) is 4.44. The minimum atomic E-state index is -0.138. The smallest absolute Gasteiger partial charge is 0.115 e. The van der Waals surface area contributed by atoms with Crippen molar-refractivity contribution in [1.29, 1.82) is 0 Å². The zero-order chi connectivity index (χ0) is 27.7. The second-order valence-corrected chi connectivity index (χ2v) is 9.04. The molecule has 0 aliphatic rings. The molecule has 0 heterocycles. The second-order valence-electron chi connectivity index (χ2n) is 9.04. The molecule has 0 fully saturated rings. The number of aliphatic hydroxyl groups excluding tert-OH is 2. The number of hydrogen-bond donors (Lipinski definition) is 4. The van der Waals surface area contributed by atoms with Gasteiger partial charge in [-0.2, -0.15) is 0 Å². The molecule has 38 heavy (non-hydrogen) atoms. The molecule has 3 aromatic rings. The Labute approximate surface area is 224 Å². The van der Waals surface area contributed by atoms with E-state index in [1.165, 1.54) is 6.08 Å². The van der Waals surface area contributed by atoms with Crippen LogP contribution in [0.2, 0.25) is 0 Å². The third-order valence-corrected chi connectivity index (χ3v) is 6.37. The van der Waals surface area contributed by atoms with Gasteiger partial charge < -0.3 is 20.4 Å². The molecular formula is C34H34O4. The molecule has 0 aliphatic heterocycles. The highest BCUT2D eigenvalue weighted by Gasteiger charge is 2.20. The highest BCUT2D eigenvalue weighted by atomic mass is 16.3. The summed E-state index contributed by atoms with van der Waals surface area (Å²) in [7, 11) is 0. The van der Waals surface area contributed by atoms with Crippen molar-refractivity contribution in [2.45, 2.75) is 25.7 Å². The first-order valence-electron chi connectivity index (χ1n) is 12.3. The fraction of sp³-hybridized carbons (Fsp3) is 0.118. The molecule has 4 N–H and O–H groups in total. The van der Waals surface area contributed by atoms with Gasteiger partial charge in [-0.1, -0.05) is 85.5 Å². The quantitative estimate of drug-likeness (QED) is 0.164. The molecule has 0 aliphatic carbocycles. The number of benzene rings is 3. The first kappa shape index (κ1) is 27.9. The molecule has 194 valence electrons. The molecule has 0 amide bonds. The van der Waals surface area contributed by atoms with E-state index in [0.29, 0.717) is 0 Å². The standard InChI is InChI=1S/C34H34O4/c1-5-25(9-8-24(4)35)34(29-16-21-32(38)22-17-29)28-12-10-26(11-13-28)33(23(3)7-18-30(36)6-2)27-14-19-31(37)20-15-27/h5-22,33-38H,2,4H2,1,3H3/b9-8-,23-7+,25-5+,30-18+. The first-order chi connectivity index (χ1) is 18.2.